The van der Waals surface area contributed by atoms with E-state index in [0.29, 0.717) is 6.54 Å². The quantitative estimate of drug-likeness (QED) is 0.821. The van der Waals surface area contributed by atoms with Crippen LogP contribution >= 0.6 is 0 Å². The summed E-state index contributed by atoms with van der Waals surface area (Å²) >= 11 is 0. The Kier molecular flexibility index (Phi) is 4.46. The Labute approximate surface area is 102 Å². The van der Waals surface area contributed by atoms with E-state index >= 15 is 0 Å². The van der Waals surface area contributed by atoms with Gasteiger partial charge in [-0.15, -0.1) is 0 Å². The Morgan fingerprint density at radius 3 is 2.41 bits per heavy atom. The fourth-order valence-corrected chi connectivity index (χ4v) is 1.45. The highest BCUT2D eigenvalue weighted by Crippen LogP contribution is 2.23. The maximum Gasteiger partial charge on any atom is 0.313 e. The lowest BCUT2D eigenvalue weighted by Gasteiger charge is -2.19. The number of hydrogen-bond acceptors (Lipinski definition) is 2. The molecule has 0 aromatic heterocycles. The van der Waals surface area contributed by atoms with Crippen molar-refractivity contribution < 1.29 is 9.90 Å². The number of carboxylic acid groups (broad SMARTS) is 1. The molecule has 3 nitrogen and oxygen atoms in total. The van der Waals surface area contributed by atoms with E-state index < -0.39 is 11.4 Å². The van der Waals surface area contributed by atoms with Crippen molar-refractivity contribution in [1.82, 2.24) is 0 Å². The van der Waals surface area contributed by atoms with Crippen molar-refractivity contribution >= 4 is 12.0 Å². The van der Waals surface area contributed by atoms with E-state index in [9.17, 15) is 4.79 Å². The molecule has 0 bridgehead atoms. The average molecular weight is 233 g/mol. The summed E-state index contributed by atoms with van der Waals surface area (Å²) in [6.07, 6.45) is 4.85. The number of carboxylic acids is 1. The van der Waals surface area contributed by atoms with Gasteiger partial charge in [-0.05, 0) is 37.9 Å². The summed E-state index contributed by atoms with van der Waals surface area (Å²) in [5, 5.41) is 9.11. The zero-order valence-electron chi connectivity index (χ0n) is 10.3. The fourth-order valence-electron chi connectivity index (χ4n) is 1.45. The third-order valence-corrected chi connectivity index (χ3v) is 2.81. The highest BCUT2D eigenvalue weighted by atomic mass is 16.4. The van der Waals surface area contributed by atoms with Crippen LogP contribution in [-0.4, -0.2) is 17.6 Å². The predicted molar refractivity (Wildman–Crippen MR) is 69.8 cm³/mol. The van der Waals surface area contributed by atoms with E-state index in [2.05, 4.69) is 0 Å². The number of rotatable bonds is 5. The van der Waals surface area contributed by atoms with Gasteiger partial charge in [0.1, 0.15) is 0 Å². The van der Waals surface area contributed by atoms with Gasteiger partial charge in [0.05, 0.1) is 5.41 Å². The van der Waals surface area contributed by atoms with Gasteiger partial charge >= 0.3 is 5.97 Å². The maximum absolute atomic E-state index is 11.1. The molecule has 0 fully saturated rings. The third-order valence-electron chi connectivity index (χ3n) is 2.81. The smallest absolute Gasteiger partial charge is 0.313 e. The van der Waals surface area contributed by atoms with Crippen LogP contribution in [0, 0.1) is 0 Å². The normalized spacial score (nSPS) is 11.9. The van der Waals surface area contributed by atoms with Crippen LogP contribution in [0.15, 0.2) is 30.3 Å². The molecule has 0 saturated heterocycles. The van der Waals surface area contributed by atoms with Gasteiger partial charge in [-0.1, -0.05) is 36.4 Å². The van der Waals surface area contributed by atoms with Crippen molar-refractivity contribution in [3.8, 4) is 0 Å². The molecular formula is C14H19NO2. The summed E-state index contributed by atoms with van der Waals surface area (Å²) in [5.41, 5.74) is 6.41. The first kappa shape index (κ1) is 13.5. The van der Waals surface area contributed by atoms with E-state index in [1.165, 1.54) is 0 Å². The lowest BCUT2D eigenvalue weighted by Crippen LogP contribution is -2.28. The van der Waals surface area contributed by atoms with Crippen LogP contribution in [0.3, 0.4) is 0 Å². The van der Waals surface area contributed by atoms with E-state index in [4.69, 9.17) is 10.8 Å². The van der Waals surface area contributed by atoms with Crippen LogP contribution in [0.1, 0.15) is 31.4 Å². The number of hydrogen-bond donors (Lipinski definition) is 2. The van der Waals surface area contributed by atoms with Crippen LogP contribution in [0.2, 0.25) is 0 Å². The molecule has 0 unspecified atom stereocenters. The number of benzene rings is 1. The van der Waals surface area contributed by atoms with Crippen LogP contribution in [0.5, 0.6) is 0 Å². The topological polar surface area (TPSA) is 63.3 Å². The van der Waals surface area contributed by atoms with Crippen molar-refractivity contribution in [2.24, 2.45) is 5.73 Å². The van der Waals surface area contributed by atoms with Gasteiger partial charge in [-0.25, -0.2) is 0 Å². The molecule has 92 valence electrons. The van der Waals surface area contributed by atoms with E-state index in [1.54, 1.807) is 13.8 Å². The minimum Gasteiger partial charge on any atom is -0.481 e. The molecule has 17 heavy (non-hydrogen) atoms. The number of nitrogens with two attached hydrogens (primary N) is 1. The van der Waals surface area contributed by atoms with Gasteiger partial charge < -0.3 is 10.8 Å². The largest absolute Gasteiger partial charge is 0.481 e. The molecule has 1 aromatic rings. The molecule has 0 amide bonds. The first-order valence-electron chi connectivity index (χ1n) is 5.69. The molecule has 0 heterocycles. The molecule has 0 aliphatic rings. The SMILES string of the molecule is CC(C)(C(=O)O)c1ccc(C=CCCN)cc1. The minimum absolute atomic E-state index is 0.640. The molecule has 1 rings (SSSR count). The van der Waals surface area contributed by atoms with Crippen LogP contribution in [0.4, 0.5) is 0 Å². The second kappa shape index (κ2) is 5.64. The number of carbonyl (C=O) groups is 1. The third kappa shape index (κ3) is 3.43. The van der Waals surface area contributed by atoms with Gasteiger partial charge in [0.25, 0.3) is 0 Å². The molecule has 3 heteroatoms. The summed E-state index contributed by atoms with van der Waals surface area (Å²) in [6, 6.07) is 7.56. The molecule has 0 spiro atoms. The Bertz CT molecular complexity index is 405. The Balaban J connectivity index is 2.85. The van der Waals surface area contributed by atoms with E-state index in [-0.39, 0.29) is 0 Å². The average Bonchev–Trinajstić information content (AvgIpc) is 2.30. The second-order valence-corrected chi connectivity index (χ2v) is 4.53. The van der Waals surface area contributed by atoms with Crippen LogP contribution in [0.25, 0.3) is 6.08 Å². The second-order valence-electron chi connectivity index (χ2n) is 4.53. The van der Waals surface area contributed by atoms with Gasteiger partial charge in [0.2, 0.25) is 0 Å². The highest BCUT2D eigenvalue weighted by Gasteiger charge is 2.28. The lowest BCUT2D eigenvalue weighted by molar-refractivity contribution is -0.142. The molecule has 1 aromatic carbocycles. The van der Waals surface area contributed by atoms with Gasteiger partial charge in [-0.3, -0.25) is 4.79 Å². The Morgan fingerprint density at radius 1 is 1.35 bits per heavy atom. The van der Waals surface area contributed by atoms with Crippen molar-refractivity contribution in [3.63, 3.8) is 0 Å². The van der Waals surface area contributed by atoms with Crippen molar-refractivity contribution in [3.05, 3.63) is 41.5 Å². The molecule has 3 N–H and O–H groups in total. The molecule has 0 atom stereocenters. The molecule has 0 aliphatic heterocycles. The minimum atomic E-state index is -0.848. The first-order chi connectivity index (χ1) is 7.98. The monoisotopic (exact) mass is 233 g/mol. The van der Waals surface area contributed by atoms with E-state index in [1.807, 2.05) is 36.4 Å². The van der Waals surface area contributed by atoms with Crippen molar-refractivity contribution in [2.75, 3.05) is 6.54 Å². The summed E-state index contributed by atoms with van der Waals surface area (Å²) in [4.78, 5) is 11.1. The maximum atomic E-state index is 11.1. The summed E-state index contributed by atoms with van der Waals surface area (Å²) in [7, 11) is 0. The standard InChI is InChI=1S/C14H19NO2/c1-14(2,13(16)17)12-8-6-11(7-9-12)5-3-4-10-15/h3,5-9H,4,10,15H2,1-2H3,(H,16,17). The van der Waals surface area contributed by atoms with Gasteiger partial charge in [-0.2, -0.15) is 0 Å². The summed E-state index contributed by atoms with van der Waals surface area (Å²) in [6.45, 7) is 4.05. The molecular weight excluding hydrogens is 214 g/mol. The molecule has 0 saturated carbocycles. The molecule has 0 aliphatic carbocycles. The zero-order valence-corrected chi connectivity index (χ0v) is 10.3. The van der Waals surface area contributed by atoms with Crippen molar-refractivity contribution in [1.29, 1.82) is 0 Å². The lowest BCUT2D eigenvalue weighted by atomic mass is 9.84. The zero-order chi connectivity index (χ0) is 12.9. The van der Waals surface area contributed by atoms with Crippen LogP contribution in [-0.2, 0) is 10.2 Å². The fraction of sp³-hybridized carbons (Fsp3) is 0.357. The van der Waals surface area contributed by atoms with Crippen molar-refractivity contribution in [2.45, 2.75) is 25.7 Å². The highest BCUT2D eigenvalue weighted by molar-refractivity contribution is 5.80. The predicted octanol–water partition coefficient (Wildman–Crippen LogP) is 2.41. The van der Waals surface area contributed by atoms with Gasteiger partial charge in [0.15, 0.2) is 0 Å². The van der Waals surface area contributed by atoms with Gasteiger partial charge in [0, 0.05) is 0 Å². The van der Waals surface area contributed by atoms with E-state index in [0.717, 1.165) is 17.5 Å². The number of aliphatic carboxylic acids is 1. The molecule has 0 radical (unpaired) electrons. The summed E-state index contributed by atoms with van der Waals surface area (Å²) in [5.74, 6) is -0.816. The first-order valence-corrected chi connectivity index (χ1v) is 5.69. The van der Waals surface area contributed by atoms with Crippen LogP contribution < -0.4 is 5.73 Å². The Hall–Kier alpha value is -1.61. The Morgan fingerprint density at radius 2 is 1.94 bits per heavy atom. The summed E-state index contributed by atoms with van der Waals surface area (Å²) < 4.78 is 0.